The molecule has 1 amide bonds. The molecule has 0 spiro atoms. The molecule has 0 saturated heterocycles. The maximum atomic E-state index is 11.6. The molecule has 0 saturated carbocycles. The molecule has 114 valence electrons. The second kappa shape index (κ2) is 4.80. The number of primary amides is 1. The molecule has 8 nitrogen and oxygen atoms in total. The molecule has 4 rings (SSSR count). The summed E-state index contributed by atoms with van der Waals surface area (Å²) < 4.78 is 1.55. The van der Waals surface area contributed by atoms with Crippen LogP contribution in [-0.2, 0) is 0 Å². The molecule has 8 heteroatoms. The number of aromatic amines is 1. The number of nitrogens with one attached hydrogen (secondary N) is 2. The van der Waals surface area contributed by atoms with E-state index < -0.39 is 5.91 Å². The van der Waals surface area contributed by atoms with Gasteiger partial charge in [0, 0.05) is 36.6 Å². The van der Waals surface area contributed by atoms with E-state index in [0.717, 1.165) is 17.0 Å². The van der Waals surface area contributed by atoms with E-state index in [9.17, 15) is 4.79 Å². The van der Waals surface area contributed by atoms with Gasteiger partial charge in [-0.3, -0.25) is 4.79 Å². The van der Waals surface area contributed by atoms with Crippen LogP contribution in [0.4, 0.5) is 5.82 Å². The van der Waals surface area contributed by atoms with Gasteiger partial charge in [-0.1, -0.05) is 0 Å². The number of hydrogen-bond acceptors (Lipinski definition) is 5. The van der Waals surface area contributed by atoms with Gasteiger partial charge in [0.2, 0.25) is 0 Å². The molecule has 0 unspecified atom stereocenters. The average Bonchev–Trinajstić information content (AvgIpc) is 3.17. The number of pyridine rings is 1. The minimum atomic E-state index is -0.564. The van der Waals surface area contributed by atoms with Crippen LogP contribution in [0.15, 0.2) is 36.8 Å². The molecule has 0 aliphatic carbocycles. The molecule has 2 aromatic heterocycles. The summed E-state index contributed by atoms with van der Waals surface area (Å²) in [6, 6.07) is 5.72. The van der Waals surface area contributed by atoms with Crippen molar-refractivity contribution in [3.8, 4) is 22.6 Å². The average molecular weight is 307 g/mol. The fourth-order valence-electron chi connectivity index (χ4n) is 2.61. The number of carbonyl (C=O) groups is 1. The molecule has 0 fully saturated rings. The molecule has 0 aromatic carbocycles. The molecule has 4 heterocycles. The maximum absolute atomic E-state index is 11.6. The molecule has 2 aliphatic heterocycles. The van der Waals surface area contributed by atoms with Crippen LogP contribution < -0.4 is 11.1 Å². The lowest BCUT2D eigenvalue weighted by molar-refractivity contribution is 0.100. The third-order valence-electron chi connectivity index (χ3n) is 3.72. The van der Waals surface area contributed by atoms with E-state index in [1.54, 1.807) is 17.8 Å². The summed E-state index contributed by atoms with van der Waals surface area (Å²) >= 11 is 0. The van der Waals surface area contributed by atoms with Crippen molar-refractivity contribution in [1.82, 2.24) is 24.6 Å². The molecular weight excluding hydrogens is 294 g/mol. The number of H-pyrrole nitrogens is 1. The Morgan fingerprint density at radius 2 is 2.22 bits per heavy atom. The summed E-state index contributed by atoms with van der Waals surface area (Å²) in [5.41, 5.74) is 8.60. The highest BCUT2D eigenvalue weighted by atomic mass is 16.1. The highest BCUT2D eigenvalue weighted by Gasteiger charge is 2.18. The van der Waals surface area contributed by atoms with Crippen molar-refractivity contribution in [1.29, 1.82) is 0 Å². The van der Waals surface area contributed by atoms with Gasteiger partial charge in [-0.25, -0.2) is 9.97 Å². The predicted molar refractivity (Wildman–Crippen MR) is 85.3 cm³/mol. The topological polar surface area (TPSA) is 114 Å². The van der Waals surface area contributed by atoms with Crippen molar-refractivity contribution < 1.29 is 4.79 Å². The molecule has 2 aromatic rings. The summed E-state index contributed by atoms with van der Waals surface area (Å²) in [5, 5.41) is 7.22. The van der Waals surface area contributed by atoms with E-state index in [4.69, 9.17) is 5.73 Å². The van der Waals surface area contributed by atoms with E-state index in [2.05, 4.69) is 25.4 Å². The van der Waals surface area contributed by atoms with Gasteiger partial charge < -0.3 is 16.0 Å². The van der Waals surface area contributed by atoms with Crippen LogP contribution in [0.1, 0.15) is 10.4 Å². The number of carbonyl (C=O) groups excluding carboxylic acids is 1. The second-order valence-corrected chi connectivity index (χ2v) is 5.04. The second-order valence-electron chi connectivity index (χ2n) is 5.04. The largest absolute Gasteiger partial charge is 0.373 e. The lowest BCUT2D eigenvalue weighted by Crippen LogP contribution is -2.11. The van der Waals surface area contributed by atoms with E-state index in [0.29, 0.717) is 17.2 Å². The van der Waals surface area contributed by atoms with Crippen molar-refractivity contribution in [3.63, 3.8) is 0 Å². The zero-order valence-corrected chi connectivity index (χ0v) is 12.2. The van der Waals surface area contributed by atoms with Gasteiger partial charge in [-0.15, -0.1) is 0 Å². The van der Waals surface area contributed by atoms with Crippen LogP contribution in [0.2, 0.25) is 0 Å². The highest BCUT2D eigenvalue weighted by Crippen LogP contribution is 2.32. The Labute approximate surface area is 130 Å². The van der Waals surface area contributed by atoms with Gasteiger partial charge in [0.15, 0.2) is 5.65 Å². The lowest BCUT2D eigenvalue weighted by Gasteiger charge is -2.08. The SMILES string of the molecule is CNc1cc(-c2cnc3[nH]cccc2-3)nc2c(C(N)=O)cnn12. The number of rotatable bonds is 3. The Hall–Kier alpha value is -3.42. The number of aromatic nitrogens is 5. The molecule has 0 radical (unpaired) electrons. The van der Waals surface area contributed by atoms with Crippen LogP contribution in [-0.4, -0.2) is 37.5 Å². The summed E-state index contributed by atoms with van der Waals surface area (Å²) in [6.45, 7) is 0. The predicted octanol–water partition coefficient (Wildman–Crippen LogP) is 1.36. The molecule has 0 bridgehead atoms. The monoisotopic (exact) mass is 307 g/mol. The smallest absolute Gasteiger partial charge is 0.254 e. The van der Waals surface area contributed by atoms with Crippen molar-refractivity contribution in [3.05, 3.63) is 42.4 Å². The standard InChI is InChI=1S/C15H13N7O/c1-17-12-5-11(9-6-19-14-8(9)3-2-4-18-14)21-15-10(13(16)23)7-20-22(12)15/h2-7,17H,1H3,(H2,16,23)(H,18,19). The summed E-state index contributed by atoms with van der Waals surface area (Å²) in [6.07, 6.45) is 4.99. The van der Waals surface area contributed by atoms with Crippen molar-refractivity contribution in [2.24, 2.45) is 5.73 Å². The zero-order chi connectivity index (χ0) is 16.0. The van der Waals surface area contributed by atoms with Gasteiger partial charge in [-0.05, 0) is 12.1 Å². The third-order valence-corrected chi connectivity index (χ3v) is 3.72. The first-order chi connectivity index (χ1) is 11.2. The van der Waals surface area contributed by atoms with Gasteiger partial charge in [0.1, 0.15) is 17.2 Å². The van der Waals surface area contributed by atoms with Crippen LogP contribution in [0.25, 0.3) is 28.3 Å². The Kier molecular flexibility index (Phi) is 2.77. The Morgan fingerprint density at radius 1 is 1.35 bits per heavy atom. The van der Waals surface area contributed by atoms with Crippen LogP contribution >= 0.6 is 0 Å². The number of nitrogens with two attached hydrogens (primary N) is 1. The van der Waals surface area contributed by atoms with Gasteiger partial charge in [0.25, 0.3) is 5.91 Å². The molecular formula is C15H13N7O. The minimum Gasteiger partial charge on any atom is -0.373 e. The number of hydrogen-bond donors (Lipinski definition) is 3. The highest BCUT2D eigenvalue weighted by molar-refractivity contribution is 5.99. The summed E-state index contributed by atoms with van der Waals surface area (Å²) in [5.74, 6) is 0.913. The van der Waals surface area contributed by atoms with Crippen molar-refractivity contribution in [2.75, 3.05) is 12.4 Å². The molecule has 23 heavy (non-hydrogen) atoms. The molecule has 4 N–H and O–H groups in total. The van der Waals surface area contributed by atoms with Crippen molar-refractivity contribution >= 4 is 17.4 Å². The third kappa shape index (κ3) is 1.92. The first kappa shape index (κ1) is 13.3. The summed E-state index contributed by atoms with van der Waals surface area (Å²) in [4.78, 5) is 23.6. The molecule has 0 atom stereocenters. The van der Waals surface area contributed by atoms with Crippen LogP contribution in [0.3, 0.4) is 0 Å². The van der Waals surface area contributed by atoms with Gasteiger partial charge in [-0.2, -0.15) is 9.61 Å². The first-order valence-electron chi connectivity index (χ1n) is 6.98. The maximum Gasteiger partial charge on any atom is 0.254 e. The van der Waals surface area contributed by atoms with Crippen LogP contribution in [0.5, 0.6) is 0 Å². The molecule has 2 aliphatic rings. The number of anilines is 1. The Balaban J connectivity index is 2.00. The van der Waals surface area contributed by atoms with Crippen molar-refractivity contribution in [2.45, 2.75) is 0 Å². The van der Waals surface area contributed by atoms with E-state index in [-0.39, 0.29) is 5.56 Å². The van der Waals surface area contributed by atoms with E-state index in [1.807, 2.05) is 24.4 Å². The van der Waals surface area contributed by atoms with E-state index >= 15 is 0 Å². The van der Waals surface area contributed by atoms with Crippen LogP contribution in [0, 0.1) is 0 Å². The number of nitrogens with zero attached hydrogens (tertiary/aromatic N) is 4. The Morgan fingerprint density at radius 3 is 3.00 bits per heavy atom. The minimum absolute atomic E-state index is 0.277. The first-order valence-corrected chi connectivity index (χ1v) is 6.98. The zero-order valence-electron chi connectivity index (χ0n) is 12.2. The normalized spacial score (nSPS) is 11.2. The quantitative estimate of drug-likeness (QED) is 0.529. The fourth-order valence-corrected chi connectivity index (χ4v) is 2.61. The number of amides is 1. The summed E-state index contributed by atoms with van der Waals surface area (Å²) in [7, 11) is 1.78. The number of fused-ring (bicyclic) bond motifs is 2. The Bertz CT molecular complexity index is 1000. The fraction of sp³-hybridized carbons (Fsp3) is 0.0667. The lowest BCUT2D eigenvalue weighted by atomic mass is 10.1. The van der Waals surface area contributed by atoms with Gasteiger partial charge >= 0.3 is 0 Å². The van der Waals surface area contributed by atoms with Gasteiger partial charge in [0.05, 0.1) is 11.9 Å². The van der Waals surface area contributed by atoms with E-state index in [1.165, 1.54) is 6.20 Å².